The second kappa shape index (κ2) is 8.44. The zero-order valence-corrected chi connectivity index (χ0v) is 14.4. The summed E-state index contributed by atoms with van der Waals surface area (Å²) in [7, 11) is 1.67. The molecule has 3 rings (SSSR count). The summed E-state index contributed by atoms with van der Waals surface area (Å²) >= 11 is 0. The van der Waals surface area contributed by atoms with Crippen LogP contribution in [0, 0.1) is 0 Å². The summed E-state index contributed by atoms with van der Waals surface area (Å²) in [5.74, 6) is 0.914. The molecule has 5 nitrogen and oxygen atoms in total. The Morgan fingerprint density at radius 2 is 2.12 bits per heavy atom. The number of nitrogens with one attached hydrogen (secondary N) is 1. The van der Waals surface area contributed by atoms with Crippen LogP contribution in [0.1, 0.15) is 17.5 Å². The third-order valence-corrected chi connectivity index (χ3v) is 4.33. The fourth-order valence-corrected chi connectivity index (χ4v) is 2.88. The maximum atomic E-state index is 12.1. The largest absolute Gasteiger partial charge is 0.497 e. The van der Waals surface area contributed by atoms with Crippen molar-refractivity contribution in [1.29, 1.82) is 0 Å². The van der Waals surface area contributed by atoms with Crippen LogP contribution in [0.4, 0.5) is 0 Å². The lowest BCUT2D eigenvalue weighted by Gasteiger charge is -2.26. The Balaban J connectivity index is 1.47. The number of methoxy groups -OCH3 is 1. The number of hydrogen-bond acceptors (Lipinski definition) is 4. The van der Waals surface area contributed by atoms with Gasteiger partial charge in [-0.05, 0) is 41.3 Å². The third-order valence-electron chi connectivity index (χ3n) is 4.33. The minimum absolute atomic E-state index is 0.0464. The minimum atomic E-state index is 0.0464. The summed E-state index contributed by atoms with van der Waals surface area (Å²) < 4.78 is 5.20. The maximum absolute atomic E-state index is 12.1. The van der Waals surface area contributed by atoms with Gasteiger partial charge in [-0.2, -0.15) is 0 Å². The normalized spacial score (nSPS) is 14.7. The summed E-state index contributed by atoms with van der Waals surface area (Å²) in [6.07, 6.45) is 6.65. The van der Waals surface area contributed by atoms with Gasteiger partial charge in [0.2, 0.25) is 5.91 Å². The summed E-state index contributed by atoms with van der Waals surface area (Å²) in [5.41, 5.74) is 3.56. The van der Waals surface area contributed by atoms with Crippen molar-refractivity contribution in [3.63, 3.8) is 0 Å². The predicted octanol–water partition coefficient (Wildman–Crippen LogP) is 2.50. The van der Waals surface area contributed by atoms with Crippen LogP contribution < -0.4 is 10.1 Å². The molecule has 5 heteroatoms. The summed E-state index contributed by atoms with van der Waals surface area (Å²) in [6, 6.07) is 12.0. The van der Waals surface area contributed by atoms with E-state index in [1.165, 1.54) is 11.1 Å². The molecule has 0 aliphatic carbocycles. The van der Waals surface area contributed by atoms with E-state index in [2.05, 4.69) is 33.4 Å². The minimum Gasteiger partial charge on any atom is -0.497 e. The highest BCUT2D eigenvalue weighted by molar-refractivity contribution is 5.78. The van der Waals surface area contributed by atoms with Crippen molar-refractivity contribution in [3.05, 3.63) is 66.0 Å². The fraction of sp³-hybridized carbons (Fsp3) is 0.300. The van der Waals surface area contributed by atoms with Crippen LogP contribution in [0.2, 0.25) is 0 Å². The first kappa shape index (κ1) is 17.2. The second-order valence-corrected chi connectivity index (χ2v) is 6.08. The van der Waals surface area contributed by atoms with Gasteiger partial charge in [-0.15, -0.1) is 0 Å². The molecule has 1 amide bonds. The molecule has 0 spiro atoms. The van der Waals surface area contributed by atoms with Crippen molar-refractivity contribution in [1.82, 2.24) is 15.2 Å². The lowest BCUT2D eigenvalue weighted by molar-refractivity contribution is -0.122. The Bertz CT molecular complexity index is 726. The number of aromatic nitrogens is 1. The van der Waals surface area contributed by atoms with Crippen molar-refractivity contribution in [2.45, 2.75) is 13.0 Å². The fourth-order valence-electron chi connectivity index (χ4n) is 2.88. The van der Waals surface area contributed by atoms with Gasteiger partial charge in [0, 0.05) is 32.0 Å². The first-order valence-corrected chi connectivity index (χ1v) is 8.46. The number of benzene rings is 1. The highest BCUT2D eigenvalue weighted by Gasteiger charge is 2.15. The number of pyridine rings is 1. The Kier molecular flexibility index (Phi) is 5.80. The lowest BCUT2D eigenvalue weighted by Crippen LogP contribution is -2.39. The molecule has 130 valence electrons. The standard InChI is InChI=1S/C20H23N3O2/c1-25-19-6-4-17(5-7-19)18-8-11-23(12-9-18)15-20(24)22-14-16-3-2-10-21-13-16/h2-8,10,13H,9,11-12,14-15H2,1H3,(H,22,24). The predicted molar refractivity (Wildman–Crippen MR) is 98.1 cm³/mol. The molecule has 1 aromatic heterocycles. The van der Waals surface area contributed by atoms with E-state index < -0.39 is 0 Å². The van der Waals surface area contributed by atoms with Crippen molar-refractivity contribution < 1.29 is 9.53 Å². The first-order chi connectivity index (χ1) is 12.2. The van der Waals surface area contributed by atoms with Crippen molar-refractivity contribution >= 4 is 11.5 Å². The molecule has 25 heavy (non-hydrogen) atoms. The molecule has 0 radical (unpaired) electrons. The van der Waals surface area contributed by atoms with E-state index in [4.69, 9.17) is 4.74 Å². The Hall–Kier alpha value is -2.66. The number of rotatable bonds is 6. The monoisotopic (exact) mass is 337 g/mol. The van der Waals surface area contributed by atoms with Crippen LogP contribution in [0.25, 0.3) is 5.57 Å². The second-order valence-electron chi connectivity index (χ2n) is 6.08. The molecule has 0 fully saturated rings. The number of hydrogen-bond donors (Lipinski definition) is 1. The van der Waals surface area contributed by atoms with Crippen LogP contribution in [-0.4, -0.2) is 42.5 Å². The zero-order chi connectivity index (χ0) is 17.5. The molecule has 0 bridgehead atoms. The molecule has 2 aromatic rings. The number of ether oxygens (including phenoxy) is 1. The summed E-state index contributed by atoms with van der Waals surface area (Å²) in [4.78, 5) is 18.3. The zero-order valence-electron chi connectivity index (χ0n) is 14.4. The van der Waals surface area contributed by atoms with Gasteiger partial charge in [0.1, 0.15) is 5.75 Å². The molecular formula is C20H23N3O2. The van der Waals surface area contributed by atoms with Gasteiger partial charge in [0.25, 0.3) is 0 Å². The topological polar surface area (TPSA) is 54.5 Å². The smallest absolute Gasteiger partial charge is 0.234 e. The molecule has 1 aliphatic heterocycles. The van der Waals surface area contributed by atoms with Gasteiger partial charge in [-0.1, -0.05) is 24.3 Å². The molecule has 1 aromatic carbocycles. The van der Waals surface area contributed by atoms with E-state index in [9.17, 15) is 4.79 Å². The van der Waals surface area contributed by atoms with Crippen LogP contribution in [0.3, 0.4) is 0 Å². The molecule has 0 unspecified atom stereocenters. The molecule has 1 aliphatic rings. The lowest BCUT2D eigenvalue weighted by atomic mass is 9.99. The van der Waals surface area contributed by atoms with E-state index in [0.29, 0.717) is 13.1 Å². The van der Waals surface area contributed by atoms with Gasteiger partial charge >= 0.3 is 0 Å². The van der Waals surface area contributed by atoms with Crippen molar-refractivity contribution in [3.8, 4) is 5.75 Å². The van der Waals surface area contributed by atoms with Gasteiger partial charge < -0.3 is 10.1 Å². The first-order valence-electron chi connectivity index (χ1n) is 8.46. The van der Waals surface area contributed by atoms with E-state index in [-0.39, 0.29) is 5.91 Å². The van der Waals surface area contributed by atoms with E-state index in [0.717, 1.165) is 30.8 Å². The summed E-state index contributed by atoms with van der Waals surface area (Å²) in [6.45, 7) is 2.62. The van der Waals surface area contributed by atoms with Crippen molar-refractivity contribution in [2.75, 3.05) is 26.7 Å². The molecule has 1 N–H and O–H groups in total. The molecular weight excluding hydrogens is 314 g/mol. The van der Waals surface area contributed by atoms with Gasteiger partial charge in [0.15, 0.2) is 0 Å². The Morgan fingerprint density at radius 3 is 2.76 bits per heavy atom. The van der Waals surface area contributed by atoms with Crippen LogP contribution >= 0.6 is 0 Å². The highest BCUT2D eigenvalue weighted by Crippen LogP contribution is 2.24. The Morgan fingerprint density at radius 1 is 1.28 bits per heavy atom. The van der Waals surface area contributed by atoms with Crippen LogP contribution in [0.15, 0.2) is 54.9 Å². The average molecular weight is 337 g/mol. The molecule has 0 saturated carbocycles. The average Bonchev–Trinajstić information content (AvgIpc) is 2.68. The van der Waals surface area contributed by atoms with Gasteiger partial charge in [0.05, 0.1) is 13.7 Å². The van der Waals surface area contributed by atoms with E-state index in [1.807, 2.05) is 24.3 Å². The highest BCUT2D eigenvalue weighted by atomic mass is 16.5. The molecule has 0 saturated heterocycles. The SMILES string of the molecule is COc1ccc(C2=CCN(CC(=O)NCc3cccnc3)CC2)cc1. The van der Waals surface area contributed by atoms with Gasteiger partial charge in [-0.3, -0.25) is 14.7 Å². The number of amides is 1. The summed E-state index contributed by atoms with van der Waals surface area (Å²) in [5, 5.41) is 2.95. The van der Waals surface area contributed by atoms with E-state index in [1.54, 1.807) is 19.5 Å². The quantitative estimate of drug-likeness (QED) is 0.880. The van der Waals surface area contributed by atoms with E-state index >= 15 is 0 Å². The number of carbonyl (C=O) groups excluding carboxylic acids is 1. The Labute approximate surface area is 148 Å². The van der Waals surface area contributed by atoms with Crippen LogP contribution in [0.5, 0.6) is 5.75 Å². The van der Waals surface area contributed by atoms with Gasteiger partial charge in [-0.25, -0.2) is 0 Å². The third kappa shape index (κ3) is 4.90. The number of carbonyl (C=O) groups is 1. The molecule has 2 heterocycles. The van der Waals surface area contributed by atoms with Crippen LogP contribution in [-0.2, 0) is 11.3 Å². The maximum Gasteiger partial charge on any atom is 0.234 e. The number of nitrogens with zero attached hydrogens (tertiary/aromatic N) is 2. The molecule has 0 atom stereocenters. The van der Waals surface area contributed by atoms with Crippen molar-refractivity contribution in [2.24, 2.45) is 0 Å².